The van der Waals surface area contributed by atoms with Gasteiger partial charge in [0.1, 0.15) is 5.76 Å². The second-order valence-electron chi connectivity index (χ2n) is 2.66. The topological polar surface area (TPSA) is 82.0 Å². The number of hydrogen-bond acceptors (Lipinski definition) is 3. The number of rotatable bonds is 2. The Morgan fingerprint density at radius 2 is 2.31 bits per heavy atom. The average Bonchev–Trinajstić information content (AvgIpc) is 2.63. The molecule has 2 aromatic rings. The first-order chi connectivity index (χ1) is 6.25. The number of furan rings is 1. The third-order valence-corrected chi connectivity index (χ3v) is 1.71. The van der Waals surface area contributed by atoms with Crippen LogP contribution in [0.15, 0.2) is 27.6 Å². The predicted octanol–water partition coefficient (Wildman–Crippen LogP) is 0.592. The number of aromatic nitrogens is 2. The molecule has 2 heterocycles. The average molecular weight is 180 g/mol. The Hall–Kier alpha value is -1.91. The molecule has 0 unspecified atom stereocenters. The Labute approximate surface area is 73.0 Å². The fraction of sp³-hybridized carbons (Fsp3) is 0.125. The number of aromatic hydroxyl groups is 1. The SMILES string of the molecule is O=c1[nH]c(O)c(Cc2ccco2)[nH]1. The number of nitrogens with one attached hydrogen (secondary N) is 2. The smallest absolute Gasteiger partial charge is 0.325 e. The van der Waals surface area contributed by atoms with Crippen LogP contribution in [0.3, 0.4) is 0 Å². The molecule has 0 aromatic carbocycles. The molecule has 0 spiro atoms. The van der Waals surface area contributed by atoms with Crippen LogP contribution in [-0.2, 0) is 6.42 Å². The van der Waals surface area contributed by atoms with E-state index in [1.807, 2.05) is 0 Å². The van der Waals surface area contributed by atoms with E-state index in [0.717, 1.165) is 0 Å². The maximum absolute atomic E-state index is 10.7. The van der Waals surface area contributed by atoms with Crippen molar-refractivity contribution in [3.63, 3.8) is 0 Å². The summed E-state index contributed by atoms with van der Waals surface area (Å²) in [4.78, 5) is 15.4. The number of aromatic amines is 2. The van der Waals surface area contributed by atoms with Crippen molar-refractivity contribution in [2.45, 2.75) is 6.42 Å². The summed E-state index contributed by atoms with van der Waals surface area (Å²) in [5.74, 6) is 0.548. The molecule has 0 radical (unpaired) electrons. The Morgan fingerprint density at radius 1 is 1.46 bits per heavy atom. The van der Waals surface area contributed by atoms with Crippen LogP contribution in [0.1, 0.15) is 11.5 Å². The van der Waals surface area contributed by atoms with E-state index in [9.17, 15) is 9.90 Å². The van der Waals surface area contributed by atoms with Gasteiger partial charge in [0.15, 0.2) is 0 Å². The summed E-state index contributed by atoms with van der Waals surface area (Å²) in [6, 6.07) is 3.52. The van der Waals surface area contributed by atoms with E-state index in [1.165, 1.54) is 6.26 Å². The van der Waals surface area contributed by atoms with Gasteiger partial charge in [-0.15, -0.1) is 0 Å². The van der Waals surface area contributed by atoms with E-state index >= 15 is 0 Å². The molecule has 13 heavy (non-hydrogen) atoms. The molecule has 0 aliphatic heterocycles. The molecule has 2 rings (SSSR count). The third-order valence-electron chi connectivity index (χ3n) is 1.71. The van der Waals surface area contributed by atoms with Crippen LogP contribution in [0, 0.1) is 0 Å². The zero-order chi connectivity index (χ0) is 9.26. The highest BCUT2D eigenvalue weighted by atomic mass is 16.3. The van der Waals surface area contributed by atoms with Gasteiger partial charge in [-0.3, -0.25) is 4.98 Å². The minimum Gasteiger partial charge on any atom is -0.493 e. The van der Waals surface area contributed by atoms with Crippen molar-refractivity contribution in [3.8, 4) is 5.88 Å². The molecular formula is C8H8N2O3. The van der Waals surface area contributed by atoms with Gasteiger partial charge in [-0.2, -0.15) is 0 Å². The van der Waals surface area contributed by atoms with Gasteiger partial charge in [0, 0.05) is 0 Å². The van der Waals surface area contributed by atoms with Gasteiger partial charge in [-0.05, 0) is 12.1 Å². The highest BCUT2D eigenvalue weighted by Gasteiger charge is 2.07. The van der Waals surface area contributed by atoms with Crippen molar-refractivity contribution in [2.24, 2.45) is 0 Å². The normalized spacial score (nSPS) is 10.5. The zero-order valence-electron chi connectivity index (χ0n) is 6.70. The lowest BCUT2D eigenvalue weighted by atomic mass is 10.2. The molecule has 2 aromatic heterocycles. The van der Waals surface area contributed by atoms with Crippen molar-refractivity contribution in [1.29, 1.82) is 0 Å². The molecule has 68 valence electrons. The summed E-state index contributed by atoms with van der Waals surface area (Å²) in [5.41, 5.74) is 0.0130. The lowest BCUT2D eigenvalue weighted by molar-refractivity contribution is 0.445. The van der Waals surface area contributed by atoms with Crippen molar-refractivity contribution in [2.75, 3.05) is 0 Å². The van der Waals surface area contributed by atoms with Crippen molar-refractivity contribution >= 4 is 0 Å². The van der Waals surface area contributed by atoms with Crippen LogP contribution in [0.25, 0.3) is 0 Å². The summed E-state index contributed by atoms with van der Waals surface area (Å²) in [6.45, 7) is 0. The van der Waals surface area contributed by atoms with Gasteiger partial charge in [0.2, 0.25) is 5.88 Å². The maximum atomic E-state index is 10.7. The van der Waals surface area contributed by atoms with Crippen LogP contribution in [-0.4, -0.2) is 15.1 Å². The van der Waals surface area contributed by atoms with Crippen LogP contribution >= 0.6 is 0 Å². The van der Waals surface area contributed by atoms with E-state index < -0.39 is 5.69 Å². The maximum Gasteiger partial charge on any atom is 0.325 e. The zero-order valence-corrected chi connectivity index (χ0v) is 6.70. The van der Waals surface area contributed by atoms with Crippen LogP contribution in [0.4, 0.5) is 0 Å². The fourth-order valence-corrected chi connectivity index (χ4v) is 1.13. The van der Waals surface area contributed by atoms with Crippen molar-refractivity contribution < 1.29 is 9.52 Å². The Balaban J connectivity index is 2.28. The number of imidazole rings is 1. The molecule has 0 bridgehead atoms. The van der Waals surface area contributed by atoms with Crippen molar-refractivity contribution in [1.82, 2.24) is 9.97 Å². The summed E-state index contributed by atoms with van der Waals surface area (Å²) in [6.07, 6.45) is 1.91. The molecule has 5 heteroatoms. The lowest BCUT2D eigenvalue weighted by Crippen LogP contribution is -2.01. The van der Waals surface area contributed by atoms with Crippen LogP contribution in [0.2, 0.25) is 0 Å². The molecule has 0 atom stereocenters. The first kappa shape index (κ1) is 7.72. The summed E-state index contributed by atoms with van der Waals surface area (Å²) < 4.78 is 5.05. The lowest BCUT2D eigenvalue weighted by Gasteiger charge is -1.92. The van der Waals surface area contributed by atoms with E-state index in [0.29, 0.717) is 17.9 Å². The summed E-state index contributed by atoms with van der Waals surface area (Å²) in [5, 5.41) is 9.20. The second kappa shape index (κ2) is 2.85. The highest BCUT2D eigenvalue weighted by molar-refractivity contribution is 5.21. The van der Waals surface area contributed by atoms with Crippen LogP contribution < -0.4 is 5.69 Å². The van der Waals surface area contributed by atoms with Gasteiger partial charge in [0.25, 0.3) is 0 Å². The minimum atomic E-state index is -0.418. The molecule has 0 aliphatic carbocycles. The summed E-state index contributed by atoms with van der Waals surface area (Å²) >= 11 is 0. The third kappa shape index (κ3) is 1.48. The first-order valence-corrected chi connectivity index (χ1v) is 3.78. The van der Waals surface area contributed by atoms with E-state index in [1.54, 1.807) is 12.1 Å². The highest BCUT2D eigenvalue weighted by Crippen LogP contribution is 2.13. The standard InChI is InChI=1S/C8H8N2O3/c11-7-6(9-8(12)10-7)4-5-2-1-3-13-5/h1-3,11H,4H2,(H2,9,10,12). The van der Waals surface area contributed by atoms with Crippen molar-refractivity contribution in [3.05, 3.63) is 40.3 Å². The number of hydrogen-bond donors (Lipinski definition) is 3. The molecule has 3 N–H and O–H groups in total. The van der Waals surface area contributed by atoms with Gasteiger partial charge >= 0.3 is 5.69 Å². The number of H-pyrrole nitrogens is 2. The Kier molecular flexibility index (Phi) is 1.70. The van der Waals surface area contributed by atoms with E-state index in [2.05, 4.69) is 9.97 Å². The van der Waals surface area contributed by atoms with Gasteiger partial charge in [0.05, 0.1) is 18.4 Å². The molecule has 5 nitrogen and oxygen atoms in total. The molecule has 0 aliphatic rings. The quantitative estimate of drug-likeness (QED) is 0.632. The predicted molar refractivity (Wildman–Crippen MR) is 44.6 cm³/mol. The minimum absolute atomic E-state index is 0.138. The first-order valence-electron chi connectivity index (χ1n) is 3.78. The summed E-state index contributed by atoms with van der Waals surface area (Å²) in [7, 11) is 0. The molecule has 0 saturated heterocycles. The molecule has 0 saturated carbocycles. The largest absolute Gasteiger partial charge is 0.493 e. The van der Waals surface area contributed by atoms with Gasteiger partial charge in [-0.25, -0.2) is 4.79 Å². The Bertz CT molecular complexity index is 438. The molecule has 0 fully saturated rings. The van der Waals surface area contributed by atoms with Crippen LogP contribution in [0.5, 0.6) is 5.88 Å². The Morgan fingerprint density at radius 3 is 2.85 bits per heavy atom. The second-order valence-corrected chi connectivity index (χ2v) is 2.66. The molecular weight excluding hydrogens is 172 g/mol. The monoisotopic (exact) mass is 180 g/mol. The molecule has 0 amide bonds. The van der Waals surface area contributed by atoms with Gasteiger partial charge in [-0.1, -0.05) is 0 Å². The van der Waals surface area contributed by atoms with E-state index in [-0.39, 0.29) is 5.88 Å². The van der Waals surface area contributed by atoms with E-state index in [4.69, 9.17) is 4.42 Å². The fourth-order valence-electron chi connectivity index (χ4n) is 1.13. The van der Waals surface area contributed by atoms with Gasteiger partial charge < -0.3 is 14.5 Å².